The third-order valence-electron chi connectivity index (χ3n) is 3.12. The maximum Gasteiger partial charge on any atom is 0.247 e. The number of amides is 1. The predicted octanol–water partition coefficient (Wildman–Crippen LogP) is 1.59. The van der Waals surface area contributed by atoms with Crippen molar-refractivity contribution < 1.29 is 4.79 Å². The number of hydrogen-bond donors (Lipinski definition) is 4. The number of nitrogens with two attached hydrogens (primary N) is 2. The number of hydrogen-bond acceptors (Lipinski definition) is 4. The molecule has 6 N–H and O–H groups in total. The number of hydrazine groups is 1. The van der Waals surface area contributed by atoms with Gasteiger partial charge in [0.1, 0.15) is 0 Å². The molecule has 2 aromatic rings. The maximum absolute atomic E-state index is 11.4. The SMILES string of the molecule is NNC(=O)CNC(c1ccccc1)c1cc(Cl)ccc1N. The largest absolute Gasteiger partial charge is 0.398 e. The van der Waals surface area contributed by atoms with Gasteiger partial charge in [0, 0.05) is 10.7 Å². The molecular weight excluding hydrogens is 288 g/mol. The lowest BCUT2D eigenvalue weighted by atomic mass is 9.97. The van der Waals surface area contributed by atoms with Gasteiger partial charge in [-0.25, -0.2) is 5.84 Å². The van der Waals surface area contributed by atoms with E-state index in [1.165, 1.54) is 0 Å². The predicted molar refractivity (Wildman–Crippen MR) is 84.5 cm³/mol. The van der Waals surface area contributed by atoms with Crippen LogP contribution in [0.15, 0.2) is 48.5 Å². The van der Waals surface area contributed by atoms with Gasteiger partial charge in [-0.1, -0.05) is 41.9 Å². The highest BCUT2D eigenvalue weighted by Gasteiger charge is 2.17. The Balaban J connectivity index is 2.35. The van der Waals surface area contributed by atoms with Crippen molar-refractivity contribution >= 4 is 23.2 Å². The molecule has 0 aromatic heterocycles. The summed E-state index contributed by atoms with van der Waals surface area (Å²) >= 11 is 6.06. The molecular formula is C15H17ClN4O. The second-order valence-electron chi connectivity index (χ2n) is 4.57. The maximum atomic E-state index is 11.4. The molecule has 0 aliphatic heterocycles. The first kappa shape index (κ1) is 15.3. The number of nitrogens with one attached hydrogen (secondary N) is 2. The molecule has 0 fully saturated rings. The van der Waals surface area contributed by atoms with Gasteiger partial charge in [-0.15, -0.1) is 0 Å². The van der Waals surface area contributed by atoms with Gasteiger partial charge in [0.25, 0.3) is 0 Å². The number of halogens is 1. The van der Waals surface area contributed by atoms with E-state index in [9.17, 15) is 4.79 Å². The molecule has 5 nitrogen and oxygen atoms in total. The van der Waals surface area contributed by atoms with E-state index in [4.69, 9.17) is 23.2 Å². The lowest BCUT2D eigenvalue weighted by molar-refractivity contribution is -0.120. The van der Waals surface area contributed by atoms with Gasteiger partial charge in [-0.3, -0.25) is 15.5 Å². The molecule has 2 aromatic carbocycles. The number of benzene rings is 2. The van der Waals surface area contributed by atoms with E-state index in [-0.39, 0.29) is 18.5 Å². The Morgan fingerprint density at radius 3 is 2.57 bits per heavy atom. The summed E-state index contributed by atoms with van der Waals surface area (Å²) in [5.74, 6) is 4.80. The van der Waals surface area contributed by atoms with Crippen LogP contribution in [0.25, 0.3) is 0 Å². The third-order valence-corrected chi connectivity index (χ3v) is 3.36. The van der Waals surface area contributed by atoms with Crippen molar-refractivity contribution in [1.82, 2.24) is 10.7 Å². The fraction of sp³-hybridized carbons (Fsp3) is 0.133. The van der Waals surface area contributed by atoms with Gasteiger partial charge < -0.3 is 5.73 Å². The van der Waals surface area contributed by atoms with Crippen LogP contribution in [-0.4, -0.2) is 12.5 Å². The average Bonchev–Trinajstić information content (AvgIpc) is 2.51. The molecule has 0 aliphatic carbocycles. The highest BCUT2D eigenvalue weighted by atomic mass is 35.5. The van der Waals surface area contributed by atoms with E-state index in [2.05, 4.69) is 10.7 Å². The lowest BCUT2D eigenvalue weighted by Gasteiger charge is -2.21. The molecule has 0 saturated heterocycles. The molecule has 6 heteroatoms. The van der Waals surface area contributed by atoms with Crippen molar-refractivity contribution in [3.05, 3.63) is 64.7 Å². The molecule has 0 spiro atoms. The van der Waals surface area contributed by atoms with E-state index in [1.54, 1.807) is 18.2 Å². The fourth-order valence-electron chi connectivity index (χ4n) is 2.09. The minimum atomic E-state index is -0.309. The van der Waals surface area contributed by atoms with Crippen molar-refractivity contribution in [3.8, 4) is 0 Å². The first-order valence-corrected chi connectivity index (χ1v) is 6.82. The van der Waals surface area contributed by atoms with E-state index in [0.29, 0.717) is 10.7 Å². The van der Waals surface area contributed by atoms with Crippen LogP contribution in [0.3, 0.4) is 0 Å². The van der Waals surface area contributed by atoms with E-state index in [1.807, 2.05) is 30.3 Å². The zero-order valence-corrected chi connectivity index (χ0v) is 12.1. The Labute approximate surface area is 128 Å². The number of rotatable bonds is 5. The summed E-state index contributed by atoms with van der Waals surface area (Å²) in [4.78, 5) is 11.4. The molecule has 0 bridgehead atoms. The summed E-state index contributed by atoms with van der Waals surface area (Å²) in [6, 6.07) is 14.7. The summed E-state index contributed by atoms with van der Waals surface area (Å²) in [7, 11) is 0. The number of anilines is 1. The van der Waals surface area contributed by atoms with Gasteiger partial charge >= 0.3 is 0 Å². The molecule has 1 amide bonds. The van der Waals surface area contributed by atoms with E-state index < -0.39 is 0 Å². The standard InChI is InChI=1S/C15H17ClN4O/c16-11-6-7-13(17)12(8-11)15(19-9-14(21)20-18)10-4-2-1-3-5-10/h1-8,15,19H,9,17-18H2,(H,20,21). The van der Waals surface area contributed by atoms with Crippen LogP contribution < -0.4 is 22.3 Å². The normalized spacial score (nSPS) is 11.9. The Morgan fingerprint density at radius 1 is 1.19 bits per heavy atom. The minimum absolute atomic E-state index is 0.0714. The van der Waals surface area contributed by atoms with E-state index >= 15 is 0 Å². The van der Waals surface area contributed by atoms with Crippen molar-refractivity contribution in [2.75, 3.05) is 12.3 Å². The fourth-order valence-corrected chi connectivity index (χ4v) is 2.27. The van der Waals surface area contributed by atoms with Crippen LogP contribution >= 0.6 is 11.6 Å². The second kappa shape index (κ2) is 7.08. The summed E-state index contributed by atoms with van der Waals surface area (Å²) in [6.45, 7) is 0.0714. The van der Waals surface area contributed by atoms with E-state index in [0.717, 1.165) is 11.1 Å². The van der Waals surface area contributed by atoms with Crippen LogP contribution in [0.2, 0.25) is 5.02 Å². The zero-order valence-electron chi connectivity index (χ0n) is 11.3. The van der Waals surface area contributed by atoms with Gasteiger partial charge in [-0.2, -0.15) is 0 Å². The first-order chi connectivity index (χ1) is 10.1. The third kappa shape index (κ3) is 3.95. The molecule has 1 atom stereocenters. The molecule has 0 radical (unpaired) electrons. The summed E-state index contributed by atoms with van der Waals surface area (Å²) < 4.78 is 0. The van der Waals surface area contributed by atoms with Crippen LogP contribution in [0.5, 0.6) is 0 Å². The van der Waals surface area contributed by atoms with Gasteiger partial charge in [0.05, 0.1) is 12.6 Å². The topological polar surface area (TPSA) is 93.2 Å². The first-order valence-electron chi connectivity index (χ1n) is 6.44. The second-order valence-corrected chi connectivity index (χ2v) is 5.00. The molecule has 2 rings (SSSR count). The minimum Gasteiger partial charge on any atom is -0.398 e. The van der Waals surface area contributed by atoms with Crippen molar-refractivity contribution in [3.63, 3.8) is 0 Å². The van der Waals surface area contributed by atoms with Crippen molar-refractivity contribution in [2.45, 2.75) is 6.04 Å². The number of carbonyl (C=O) groups is 1. The van der Waals surface area contributed by atoms with Crippen molar-refractivity contribution in [1.29, 1.82) is 0 Å². The van der Waals surface area contributed by atoms with Crippen LogP contribution in [-0.2, 0) is 4.79 Å². The van der Waals surface area contributed by atoms with Crippen LogP contribution in [0, 0.1) is 0 Å². The van der Waals surface area contributed by atoms with Crippen LogP contribution in [0.1, 0.15) is 17.2 Å². The summed E-state index contributed by atoms with van der Waals surface area (Å²) in [5, 5.41) is 3.73. The van der Waals surface area contributed by atoms with Gasteiger partial charge in [0.2, 0.25) is 5.91 Å². The number of nitrogen functional groups attached to an aromatic ring is 1. The Bertz CT molecular complexity index is 618. The highest BCUT2D eigenvalue weighted by molar-refractivity contribution is 6.30. The van der Waals surface area contributed by atoms with Gasteiger partial charge in [-0.05, 0) is 29.3 Å². The Hall–Kier alpha value is -2.08. The molecule has 1 unspecified atom stereocenters. The summed E-state index contributed by atoms with van der Waals surface area (Å²) in [6.07, 6.45) is 0. The molecule has 0 aliphatic rings. The smallest absolute Gasteiger partial charge is 0.247 e. The highest BCUT2D eigenvalue weighted by Crippen LogP contribution is 2.29. The zero-order chi connectivity index (χ0) is 15.2. The number of carbonyl (C=O) groups excluding carboxylic acids is 1. The van der Waals surface area contributed by atoms with Crippen LogP contribution in [0.4, 0.5) is 5.69 Å². The van der Waals surface area contributed by atoms with Gasteiger partial charge in [0.15, 0.2) is 0 Å². The quantitative estimate of drug-likeness (QED) is 0.292. The Morgan fingerprint density at radius 2 is 1.90 bits per heavy atom. The molecule has 110 valence electrons. The lowest BCUT2D eigenvalue weighted by Crippen LogP contribution is -2.39. The van der Waals surface area contributed by atoms with Crippen molar-refractivity contribution in [2.24, 2.45) is 5.84 Å². The average molecular weight is 305 g/mol. The summed E-state index contributed by atoms with van der Waals surface area (Å²) in [5.41, 5.74) is 10.5. The Kier molecular flexibility index (Phi) is 5.16. The monoisotopic (exact) mass is 304 g/mol. The molecule has 0 heterocycles. The molecule has 0 saturated carbocycles. The molecule has 21 heavy (non-hydrogen) atoms.